The summed E-state index contributed by atoms with van der Waals surface area (Å²) in [6.07, 6.45) is -1.20. The number of carboxylic acids is 2. The van der Waals surface area contributed by atoms with Crippen LogP contribution in [0, 0.1) is 5.92 Å². The second kappa shape index (κ2) is 9.29. The molecule has 0 aliphatic carbocycles. The van der Waals surface area contributed by atoms with Crippen molar-refractivity contribution in [3.63, 3.8) is 0 Å². The normalized spacial score (nSPS) is 11.0. The third-order valence-corrected chi connectivity index (χ3v) is 1.45. The van der Waals surface area contributed by atoms with Crippen LogP contribution >= 0.6 is 0 Å². The monoisotopic (exact) mass is 242 g/mol. The number of hydrogen-bond donors (Lipinski definition) is 1. The van der Waals surface area contributed by atoms with Crippen molar-refractivity contribution in [2.45, 2.75) is 19.8 Å². The van der Waals surface area contributed by atoms with E-state index >= 15 is 0 Å². The molecular weight excluding hydrogens is 231 g/mol. The van der Waals surface area contributed by atoms with Crippen LogP contribution in [0.15, 0.2) is 0 Å². The maximum absolute atomic E-state index is 11.0. The second-order valence-corrected chi connectivity index (χ2v) is 2.62. The first kappa shape index (κ1) is 17.4. The van der Waals surface area contributed by atoms with Crippen LogP contribution in [0.5, 0.6) is 0 Å². The van der Waals surface area contributed by atoms with Crippen LogP contribution in [0.1, 0.15) is 19.8 Å². The SMILES string of the molecule is CCOC(=O)C(CC(=O)[O-])CC(=O)O.[K+]. The molecular formula is C8H11KO6. The fourth-order valence-electron chi connectivity index (χ4n) is 0.911. The van der Waals surface area contributed by atoms with Gasteiger partial charge in [0.15, 0.2) is 0 Å². The van der Waals surface area contributed by atoms with Gasteiger partial charge in [0.25, 0.3) is 0 Å². The van der Waals surface area contributed by atoms with Crippen LogP contribution in [-0.2, 0) is 19.1 Å². The van der Waals surface area contributed by atoms with Crippen molar-refractivity contribution in [2.75, 3.05) is 6.61 Å². The second-order valence-electron chi connectivity index (χ2n) is 2.62. The van der Waals surface area contributed by atoms with Crippen molar-refractivity contribution >= 4 is 17.9 Å². The average molecular weight is 242 g/mol. The van der Waals surface area contributed by atoms with Gasteiger partial charge in [-0.05, 0) is 6.92 Å². The van der Waals surface area contributed by atoms with E-state index < -0.39 is 36.7 Å². The number of carbonyl (C=O) groups excluding carboxylic acids is 2. The largest absolute Gasteiger partial charge is 1.00 e. The van der Waals surface area contributed by atoms with E-state index in [4.69, 9.17) is 5.11 Å². The van der Waals surface area contributed by atoms with E-state index in [-0.39, 0.29) is 58.0 Å². The van der Waals surface area contributed by atoms with Crippen LogP contribution in [0.4, 0.5) is 0 Å². The van der Waals surface area contributed by atoms with E-state index in [0.29, 0.717) is 0 Å². The summed E-state index contributed by atoms with van der Waals surface area (Å²) in [6.45, 7) is 1.64. The Kier molecular flexibility index (Phi) is 10.8. The molecule has 6 nitrogen and oxygen atoms in total. The minimum atomic E-state index is -1.47. The zero-order valence-corrected chi connectivity index (χ0v) is 11.8. The van der Waals surface area contributed by atoms with Crippen LogP contribution in [-0.4, -0.2) is 29.6 Å². The van der Waals surface area contributed by atoms with Gasteiger partial charge in [0.1, 0.15) is 0 Å². The molecule has 0 spiro atoms. The van der Waals surface area contributed by atoms with E-state index in [2.05, 4.69) is 4.74 Å². The summed E-state index contributed by atoms with van der Waals surface area (Å²) >= 11 is 0. The summed E-state index contributed by atoms with van der Waals surface area (Å²) in [5.74, 6) is -4.70. The Labute approximate surface area is 129 Å². The molecule has 1 unspecified atom stereocenters. The molecule has 0 aliphatic heterocycles. The van der Waals surface area contributed by atoms with Crippen molar-refractivity contribution in [1.82, 2.24) is 0 Å². The summed E-state index contributed by atoms with van der Waals surface area (Å²) in [7, 11) is 0. The molecule has 0 bridgehead atoms. The predicted molar refractivity (Wildman–Crippen MR) is 42.0 cm³/mol. The van der Waals surface area contributed by atoms with Gasteiger partial charge in [-0.25, -0.2) is 0 Å². The van der Waals surface area contributed by atoms with Gasteiger partial charge in [0.05, 0.1) is 18.9 Å². The molecule has 0 rings (SSSR count). The molecule has 0 aromatic heterocycles. The summed E-state index contributed by atoms with van der Waals surface area (Å²) in [5.41, 5.74) is 0. The topological polar surface area (TPSA) is 104 Å². The fourth-order valence-corrected chi connectivity index (χ4v) is 0.911. The molecule has 0 saturated heterocycles. The number of esters is 1. The zero-order valence-electron chi connectivity index (χ0n) is 8.69. The minimum Gasteiger partial charge on any atom is -0.550 e. The quantitative estimate of drug-likeness (QED) is 0.374. The summed E-state index contributed by atoms with van der Waals surface area (Å²) in [5, 5.41) is 18.6. The number of aliphatic carboxylic acids is 2. The maximum atomic E-state index is 11.0. The predicted octanol–water partition coefficient (Wildman–Crippen LogP) is -4.22. The molecule has 0 fully saturated rings. The van der Waals surface area contributed by atoms with Gasteiger partial charge in [-0.3, -0.25) is 9.59 Å². The Bertz CT molecular complexity index is 223. The first-order valence-electron chi connectivity index (χ1n) is 4.05. The van der Waals surface area contributed by atoms with E-state index in [1.165, 1.54) is 0 Å². The molecule has 80 valence electrons. The van der Waals surface area contributed by atoms with Crippen LogP contribution in [0.2, 0.25) is 0 Å². The fraction of sp³-hybridized carbons (Fsp3) is 0.625. The Morgan fingerprint density at radius 2 is 1.87 bits per heavy atom. The molecule has 0 radical (unpaired) electrons. The Morgan fingerprint density at radius 1 is 1.33 bits per heavy atom. The van der Waals surface area contributed by atoms with E-state index in [1.807, 2.05) is 0 Å². The number of carbonyl (C=O) groups is 3. The Morgan fingerprint density at radius 3 is 2.20 bits per heavy atom. The molecule has 0 aromatic rings. The van der Waals surface area contributed by atoms with Gasteiger partial charge in [-0.1, -0.05) is 0 Å². The number of rotatable bonds is 6. The van der Waals surface area contributed by atoms with Gasteiger partial charge in [0, 0.05) is 12.4 Å². The third kappa shape index (κ3) is 9.00. The molecule has 0 saturated carbocycles. The minimum absolute atomic E-state index is 0. The molecule has 15 heavy (non-hydrogen) atoms. The number of ether oxygens (including phenoxy) is 1. The first-order chi connectivity index (χ1) is 6.47. The molecule has 1 N–H and O–H groups in total. The van der Waals surface area contributed by atoms with Gasteiger partial charge in [-0.15, -0.1) is 0 Å². The summed E-state index contributed by atoms with van der Waals surface area (Å²) in [4.78, 5) is 31.5. The number of hydrogen-bond acceptors (Lipinski definition) is 5. The van der Waals surface area contributed by atoms with Crippen molar-refractivity contribution in [3.8, 4) is 0 Å². The maximum Gasteiger partial charge on any atom is 1.00 e. The van der Waals surface area contributed by atoms with Gasteiger partial charge in [0.2, 0.25) is 0 Å². The van der Waals surface area contributed by atoms with Crippen LogP contribution < -0.4 is 56.5 Å². The Balaban J connectivity index is 0. The molecule has 0 aliphatic rings. The van der Waals surface area contributed by atoms with E-state index in [0.717, 1.165) is 0 Å². The summed E-state index contributed by atoms with van der Waals surface area (Å²) < 4.78 is 4.51. The van der Waals surface area contributed by atoms with E-state index in [9.17, 15) is 19.5 Å². The summed E-state index contributed by atoms with van der Waals surface area (Å²) in [6, 6.07) is 0. The average Bonchev–Trinajstić information content (AvgIpc) is 2.01. The zero-order chi connectivity index (χ0) is 11.1. The van der Waals surface area contributed by atoms with Crippen molar-refractivity contribution < 1.29 is 80.7 Å². The van der Waals surface area contributed by atoms with Gasteiger partial charge >= 0.3 is 63.3 Å². The molecule has 0 amide bonds. The van der Waals surface area contributed by atoms with E-state index in [1.54, 1.807) is 6.92 Å². The van der Waals surface area contributed by atoms with Gasteiger partial charge in [-0.2, -0.15) is 0 Å². The molecule has 0 aromatic carbocycles. The molecule has 1 atom stereocenters. The smallest absolute Gasteiger partial charge is 0.550 e. The van der Waals surface area contributed by atoms with Crippen molar-refractivity contribution in [3.05, 3.63) is 0 Å². The number of carboxylic acid groups (broad SMARTS) is 2. The van der Waals surface area contributed by atoms with Crippen molar-refractivity contribution in [2.24, 2.45) is 5.92 Å². The molecule has 0 heterocycles. The Hall–Kier alpha value is 0.0464. The van der Waals surface area contributed by atoms with Crippen LogP contribution in [0.3, 0.4) is 0 Å². The van der Waals surface area contributed by atoms with Crippen molar-refractivity contribution in [1.29, 1.82) is 0 Å². The first-order valence-corrected chi connectivity index (χ1v) is 4.05. The standard InChI is InChI=1S/C8H12O6.K/c1-2-14-8(13)5(3-6(9)10)4-7(11)12;/h5H,2-4H2,1H3,(H,9,10)(H,11,12);/q;+1/p-1. The molecule has 7 heteroatoms. The van der Waals surface area contributed by atoms with Gasteiger partial charge < -0.3 is 19.7 Å². The third-order valence-electron chi connectivity index (χ3n) is 1.45. The van der Waals surface area contributed by atoms with Crippen LogP contribution in [0.25, 0.3) is 0 Å².